The largest absolute Gasteiger partial charge is 0.497 e. The van der Waals surface area contributed by atoms with E-state index >= 15 is 0 Å². The molecule has 0 unspecified atom stereocenters. The van der Waals surface area contributed by atoms with Gasteiger partial charge in [-0.05, 0) is 36.2 Å². The van der Waals surface area contributed by atoms with Crippen molar-refractivity contribution in [3.63, 3.8) is 0 Å². The summed E-state index contributed by atoms with van der Waals surface area (Å²) < 4.78 is 16.4. The molecule has 0 atom stereocenters. The fourth-order valence-electron chi connectivity index (χ4n) is 2.28. The summed E-state index contributed by atoms with van der Waals surface area (Å²) in [6.45, 7) is 2.12. The number of oxazole rings is 1. The second kappa shape index (κ2) is 5.48. The molecule has 3 rings (SSSR count). The molecule has 1 heterocycles. The Balaban J connectivity index is 2.11. The molecule has 0 fully saturated rings. The summed E-state index contributed by atoms with van der Waals surface area (Å²) in [6, 6.07) is 11.6. The summed E-state index contributed by atoms with van der Waals surface area (Å²) in [5, 5.41) is 0. The van der Waals surface area contributed by atoms with Crippen LogP contribution < -0.4 is 9.47 Å². The summed E-state index contributed by atoms with van der Waals surface area (Å²) in [5.41, 5.74) is 3.69. The first-order valence-corrected chi connectivity index (χ1v) is 6.87. The van der Waals surface area contributed by atoms with E-state index in [-0.39, 0.29) is 0 Å². The molecule has 0 spiro atoms. The van der Waals surface area contributed by atoms with Crippen LogP contribution >= 0.6 is 0 Å². The van der Waals surface area contributed by atoms with Crippen LogP contribution in [0.3, 0.4) is 0 Å². The van der Waals surface area contributed by atoms with E-state index in [0.29, 0.717) is 11.6 Å². The van der Waals surface area contributed by atoms with Gasteiger partial charge in [0.05, 0.1) is 19.8 Å². The molecule has 21 heavy (non-hydrogen) atoms. The minimum absolute atomic E-state index is 0.553. The Bertz CT molecular complexity index is 777. The maximum Gasteiger partial charge on any atom is 0.231 e. The quantitative estimate of drug-likeness (QED) is 0.724. The van der Waals surface area contributed by atoms with Gasteiger partial charge in [-0.2, -0.15) is 0 Å². The molecule has 4 heteroatoms. The van der Waals surface area contributed by atoms with E-state index in [1.165, 1.54) is 5.56 Å². The van der Waals surface area contributed by atoms with Gasteiger partial charge in [0.25, 0.3) is 0 Å². The molecule has 108 valence electrons. The molecule has 1 aromatic heterocycles. The smallest absolute Gasteiger partial charge is 0.231 e. The van der Waals surface area contributed by atoms with E-state index < -0.39 is 0 Å². The Kier molecular flexibility index (Phi) is 3.52. The summed E-state index contributed by atoms with van der Waals surface area (Å²) >= 11 is 0. The van der Waals surface area contributed by atoms with Gasteiger partial charge < -0.3 is 13.9 Å². The molecule has 0 aliphatic heterocycles. The second-order valence-corrected chi connectivity index (χ2v) is 4.74. The van der Waals surface area contributed by atoms with E-state index in [4.69, 9.17) is 13.9 Å². The van der Waals surface area contributed by atoms with Crippen molar-refractivity contribution in [3.05, 3.63) is 42.0 Å². The topological polar surface area (TPSA) is 44.5 Å². The third-order valence-corrected chi connectivity index (χ3v) is 3.50. The average Bonchev–Trinajstić information content (AvgIpc) is 2.96. The zero-order valence-corrected chi connectivity index (χ0v) is 12.3. The maximum absolute atomic E-state index is 5.84. The fourth-order valence-corrected chi connectivity index (χ4v) is 2.28. The third kappa shape index (κ3) is 2.44. The van der Waals surface area contributed by atoms with E-state index in [0.717, 1.165) is 28.8 Å². The lowest BCUT2D eigenvalue weighted by Gasteiger charge is -2.07. The molecule has 0 bridgehead atoms. The van der Waals surface area contributed by atoms with E-state index in [2.05, 4.69) is 24.0 Å². The number of aromatic nitrogens is 1. The molecule has 4 nitrogen and oxygen atoms in total. The number of benzene rings is 2. The Morgan fingerprint density at radius 1 is 1.05 bits per heavy atom. The van der Waals surface area contributed by atoms with E-state index in [1.54, 1.807) is 14.2 Å². The van der Waals surface area contributed by atoms with Gasteiger partial charge in [0.2, 0.25) is 5.89 Å². The zero-order valence-electron chi connectivity index (χ0n) is 12.3. The lowest BCUT2D eigenvalue weighted by Crippen LogP contribution is -1.90. The summed E-state index contributed by atoms with van der Waals surface area (Å²) in [7, 11) is 3.25. The molecule has 0 saturated heterocycles. The molecule has 3 aromatic rings. The molecule has 0 saturated carbocycles. The van der Waals surface area contributed by atoms with Crippen molar-refractivity contribution in [2.24, 2.45) is 0 Å². The molecular formula is C17H17NO3. The van der Waals surface area contributed by atoms with Crippen molar-refractivity contribution in [3.8, 4) is 23.0 Å². The number of hydrogen-bond acceptors (Lipinski definition) is 4. The molecule has 2 aromatic carbocycles. The Morgan fingerprint density at radius 3 is 2.62 bits per heavy atom. The van der Waals surface area contributed by atoms with Crippen molar-refractivity contribution >= 4 is 11.1 Å². The lowest BCUT2D eigenvalue weighted by molar-refractivity contribution is 0.394. The van der Waals surface area contributed by atoms with Crippen molar-refractivity contribution in [1.29, 1.82) is 0 Å². The maximum atomic E-state index is 5.84. The second-order valence-electron chi connectivity index (χ2n) is 4.74. The minimum Gasteiger partial charge on any atom is -0.497 e. The van der Waals surface area contributed by atoms with Crippen molar-refractivity contribution in [2.45, 2.75) is 13.3 Å². The van der Waals surface area contributed by atoms with Crippen LogP contribution in [0.5, 0.6) is 11.5 Å². The van der Waals surface area contributed by atoms with E-state index in [1.807, 2.05) is 24.3 Å². The number of nitrogens with zero attached hydrogens (tertiary/aromatic N) is 1. The highest BCUT2D eigenvalue weighted by atomic mass is 16.5. The van der Waals surface area contributed by atoms with Gasteiger partial charge in [-0.3, -0.25) is 0 Å². The van der Waals surface area contributed by atoms with Crippen LogP contribution in [0.4, 0.5) is 0 Å². The molecule has 0 radical (unpaired) electrons. The van der Waals surface area contributed by atoms with Crippen LogP contribution in [-0.2, 0) is 6.42 Å². The van der Waals surface area contributed by atoms with Gasteiger partial charge in [-0.25, -0.2) is 4.98 Å². The third-order valence-electron chi connectivity index (χ3n) is 3.50. The van der Waals surface area contributed by atoms with Crippen LogP contribution in [0.2, 0.25) is 0 Å². The number of methoxy groups -OCH3 is 2. The Labute approximate surface area is 123 Å². The van der Waals surface area contributed by atoms with Gasteiger partial charge in [0, 0.05) is 6.07 Å². The first-order valence-electron chi connectivity index (χ1n) is 6.87. The normalized spacial score (nSPS) is 10.8. The number of hydrogen-bond donors (Lipinski definition) is 0. The number of rotatable bonds is 4. The molecule has 0 N–H and O–H groups in total. The van der Waals surface area contributed by atoms with Crippen LogP contribution in [0.1, 0.15) is 12.5 Å². The summed E-state index contributed by atoms with van der Waals surface area (Å²) in [6.07, 6.45) is 0.976. The van der Waals surface area contributed by atoms with Gasteiger partial charge in [0.1, 0.15) is 17.0 Å². The van der Waals surface area contributed by atoms with Crippen LogP contribution in [0, 0.1) is 0 Å². The average molecular weight is 283 g/mol. The van der Waals surface area contributed by atoms with Crippen molar-refractivity contribution in [2.75, 3.05) is 14.2 Å². The van der Waals surface area contributed by atoms with Crippen molar-refractivity contribution in [1.82, 2.24) is 4.98 Å². The highest BCUT2D eigenvalue weighted by Gasteiger charge is 2.14. The van der Waals surface area contributed by atoms with Crippen LogP contribution in [0.15, 0.2) is 40.8 Å². The molecular weight excluding hydrogens is 266 g/mol. The van der Waals surface area contributed by atoms with Crippen LogP contribution in [-0.4, -0.2) is 19.2 Å². The first-order chi connectivity index (χ1) is 10.2. The Morgan fingerprint density at radius 2 is 1.90 bits per heavy atom. The monoisotopic (exact) mass is 283 g/mol. The number of aryl methyl sites for hydroxylation is 1. The molecule has 0 aliphatic carbocycles. The summed E-state index contributed by atoms with van der Waals surface area (Å²) in [5.74, 6) is 1.97. The highest BCUT2D eigenvalue weighted by Crippen LogP contribution is 2.34. The first kappa shape index (κ1) is 13.5. The fraction of sp³-hybridized carbons (Fsp3) is 0.235. The predicted molar refractivity (Wildman–Crippen MR) is 81.9 cm³/mol. The number of fused-ring (bicyclic) bond motifs is 1. The zero-order chi connectivity index (χ0) is 14.8. The molecule has 0 aliphatic rings. The lowest BCUT2D eigenvalue weighted by atomic mass is 10.1. The predicted octanol–water partition coefficient (Wildman–Crippen LogP) is 4.07. The number of ether oxygens (including phenoxy) is 2. The highest BCUT2D eigenvalue weighted by molar-refractivity contribution is 5.78. The summed E-state index contributed by atoms with van der Waals surface area (Å²) in [4.78, 5) is 4.57. The van der Waals surface area contributed by atoms with Crippen molar-refractivity contribution < 1.29 is 13.9 Å². The van der Waals surface area contributed by atoms with Gasteiger partial charge in [-0.15, -0.1) is 0 Å². The minimum atomic E-state index is 0.553. The van der Waals surface area contributed by atoms with Gasteiger partial charge in [0.15, 0.2) is 5.58 Å². The standard InChI is InChI=1S/C17H17NO3/c1-4-11-5-8-15-14(9-11)18-17(21-15)13-7-6-12(19-2)10-16(13)20-3/h5-10H,4H2,1-3H3. The van der Waals surface area contributed by atoms with Crippen LogP contribution in [0.25, 0.3) is 22.6 Å². The van der Waals surface area contributed by atoms with Gasteiger partial charge >= 0.3 is 0 Å². The Hall–Kier alpha value is -2.49. The van der Waals surface area contributed by atoms with E-state index in [9.17, 15) is 0 Å². The SMILES string of the molecule is CCc1ccc2oc(-c3ccc(OC)cc3OC)nc2c1. The molecule has 0 amide bonds. The van der Waals surface area contributed by atoms with Gasteiger partial charge in [-0.1, -0.05) is 13.0 Å².